The molecular formula is C18H16Cl2N4OS. The van der Waals surface area contributed by atoms with Crippen molar-refractivity contribution in [2.45, 2.75) is 11.7 Å². The monoisotopic (exact) mass is 406 g/mol. The number of nitrogens with zero attached hydrogens (tertiary/aromatic N) is 3. The molecular weight excluding hydrogens is 391 g/mol. The number of nitrogens with one attached hydrogen (secondary N) is 1. The average Bonchev–Trinajstić information content (AvgIpc) is 3.12. The normalized spacial score (nSPS) is 10.7. The number of aromatic amines is 1. The van der Waals surface area contributed by atoms with E-state index in [4.69, 9.17) is 23.2 Å². The fraction of sp³-hybridized carbons (Fsp3) is 0.167. The van der Waals surface area contributed by atoms with E-state index in [0.29, 0.717) is 27.6 Å². The number of thioether (sulfide) groups is 1. The Morgan fingerprint density at radius 2 is 1.92 bits per heavy atom. The Bertz CT molecular complexity index is 901. The van der Waals surface area contributed by atoms with Gasteiger partial charge in [0.2, 0.25) is 11.1 Å². The third-order valence-electron chi connectivity index (χ3n) is 3.67. The summed E-state index contributed by atoms with van der Waals surface area (Å²) in [6.45, 7) is 0.458. The number of aromatic nitrogens is 3. The highest BCUT2D eigenvalue weighted by atomic mass is 35.5. The number of carbonyl (C=O) groups is 1. The van der Waals surface area contributed by atoms with E-state index in [2.05, 4.69) is 15.2 Å². The van der Waals surface area contributed by atoms with Crippen LogP contribution in [0.1, 0.15) is 5.56 Å². The molecule has 2 aromatic carbocycles. The van der Waals surface area contributed by atoms with E-state index < -0.39 is 0 Å². The molecule has 3 rings (SSSR count). The molecule has 0 aliphatic carbocycles. The van der Waals surface area contributed by atoms with Crippen LogP contribution in [0, 0.1) is 0 Å². The van der Waals surface area contributed by atoms with Crippen LogP contribution in [0.15, 0.2) is 53.7 Å². The lowest BCUT2D eigenvalue weighted by molar-refractivity contribution is -0.127. The van der Waals surface area contributed by atoms with Gasteiger partial charge in [-0.15, -0.1) is 5.10 Å². The maximum absolute atomic E-state index is 12.3. The van der Waals surface area contributed by atoms with Crippen LogP contribution < -0.4 is 0 Å². The Balaban J connectivity index is 1.55. The third kappa shape index (κ3) is 4.78. The Morgan fingerprint density at radius 3 is 2.65 bits per heavy atom. The van der Waals surface area contributed by atoms with Crippen molar-refractivity contribution in [3.63, 3.8) is 0 Å². The van der Waals surface area contributed by atoms with Gasteiger partial charge in [-0.05, 0) is 17.7 Å². The number of hydrogen-bond acceptors (Lipinski definition) is 4. The highest BCUT2D eigenvalue weighted by molar-refractivity contribution is 7.99. The van der Waals surface area contributed by atoms with Crippen molar-refractivity contribution >= 4 is 40.9 Å². The molecule has 5 nitrogen and oxygen atoms in total. The summed E-state index contributed by atoms with van der Waals surface area (Å²) in [4.78, 5) is 18.4. The van der Waals surface area contributed by atoms with E-state index in [9.17, 15) is 4.79 Å². The molecule has 0 bridgehead atoms. The number of carbonyl (C=O) groups excluding carboxylic acids is 1. The van der Waals surface area contributed by atoms with Gasteiger partial charge in [0.25, 0.3) is 0 Å². The van der Waals surface area contributed by atoms with E-state index >= 15 is 0 Å². The Morgan fingerprint density at radius 1 is 1.15 bits per heavy atom. The summed E-state index contributed by atoms with van der Waals surface area (Å²) in [6, 6.07) is 15.1. The van der Waals surface area contributed by atoms with Crippen LogP contribution in [0.5, 0.6) is 0 Å². The van der Waals surface area contributed by atoms with Gasteiger partial charge in [-0.3, -0.25) is 9.89 Å². The lowest BCUT2D eigenvalue weighted by Gasteiger charge is -2.17. The summed E-state index contributed by atoms with van der Waals surface area (Å²) < 4.78 is 0. The fourth-order valence-electron chi connectivity index (χ4n) is 2.27. The molecule has 0 saturated carbocycles. The van der Waals surface area contributed by atoms with Crippen molar-refractivity contribution in [1.29, 1.82) is 0 Å². The molecule has 134 valence electrons. The molecule has 8 heteroatoms. The summed E-state index contributed by atoms with van der Waals surface area (Å²) in [6.07, 6.45) is 0. The van der Waals surface area contributed by atoms with Gasteiger partial charge >= 0.3 is 0 Å². The van der Waals surface area contributed by atoms with E-state index in [1.807, 2.05) is 36.4 Å². The first-order chi connectivity index (χ1) is 12.5. The summed E-state index contributed by atoms with van der Waals surface area (Å²) in [5.41, 5.74) is 1.87. The predicted molar refractivity (Wildman–Crippen MR) is 105 cm³/mol. The quantitative estimate of drug-likeness (QED) is 0.610. The van der Waals surface area contributed by atoms with E-state index in [1.54, 1.807) is 24.1 Å². The van der Waals surface area contributed by atoms with Crippen molar-refractivity contribution in [1.82, 2.24) is 20.1 Å². The second-order valence-corrected chi connectivity index (χ2v) is 7.38. The molecule has 26 heavy (non-hydrogen) atoms. The molecule has 0 unspecified atom stereocenters. The van der Waals surface area contributed by atoms with Gasteiger partial charge in [-0.25, -0.2) is 4.98 Å². The Hall–Kier alpha value is -2.02. The van der Waals surface area contributed by atoms with Gasteiger partial charge in [-0.2, -0.15) is 0 Å². The maximum Gasteiger partial charge on any atom is 0.233 e. The molecule has 0 spiro atoms. The second-order valence-electron chi connectivity index (χ2n) is 5.62. The van der Waals surface area contributed by atoms with Crippen molar-refractivity contribution in [3.8, 4) is 11.4 Å². The molecule has 1 amide bonds. The zero-order valence-corrected chi connectivity index (χ0v) is 16.3. The lowest BCUT2D eigenvalue weighted by Crippen LogP contribution is -2.27. The molecule has 1 aromatic heterocycles. The van der Waals surface area contributed by atoms with Crippen LogP contribution in [-0.4, -0.2) is 38.8 Å². The largest absolute Gasteiger partial charge is 0.341 e. The van der Waals surface area contributed by atoms with Gasteiger partial charge in [0.1, 0.15) is 0 Å². The summed E-state index contributed by atoms with van der Waals surface area (Å²) >= 11 is 13.2. The first kappa shape index (κ1) is 18.8. The molecule has 0 atom stereocenters. The van der Waals surface area contributed by atoms with E-state index in [1.165, 1.54) is 11.8 Å². The molecule has 0 fully saturated rings. The van der Waals surface area contributed by atoms with Crippen LogP contribution in [0.4, 0.5) is 0 Å². The minimum atomic E-state index is -0.0212. The van der Waals surface area contributed by atoms with Crippen LogP contribution in [0.25, 0.3) is 11.4 Å². The standard InChI is InChI=1S/C18H16Cl2N4OS/c1-24(10-12-7-8-14(19)15(20)9-12)16(25)11-26-18-21-17(22-23-18)13-5-3-2-4-6-13/h2-9H,10-11H2,1H3,(H,21,22,23). The molecule has 1 N–H and O–H groups in total. The summed E-state index contributed by atoms with van der Waals surface area (Å²) in [5.74, 6) is 0.918. The number of rotatable bonds is 6. The number of benzene rings is 2. The third-order valence-corrected chi connectivity index (χ3v) is 5.24. The van der Waals surface area contributed by atoms with Crippen molar-refractivity contribution in [3.05, 3.63) is 64.1 Å². The number of hydrogen-bond donors (Lipinski definition) is 1. The Kier molecular flexibility index (Phi) is 6.19. The minimum Gasteiger partial charge on any atom is -0.341 e. The SMILES string of the molecule is CN(Cc1ccc(Cl)c(Cl)c1)C(=O)CSc1n[nH]c(-c2ccccc2)n1. The van der Waals surface area contributed by atoms with Gasteiger partial charge < -0.3 is 4.90 Å². The first-order valence-electron chi connectivity index (χ1n) is 7.81. The molecule has 0 radical (unpaired) electrons. The minimum absolute atomic E-state index is 0.0212. The molecule has 3 aromatic rings. The molecule has 1 heterocycles. The highest BCUT2D eigenvalue weighted by Gasteiger charge is 2.13. The number of amides is 1. The Labute approximate surface area is 165 Å². The predicted octanol–water partition coefficient (Wildman–Crippen LogP) is 4.53. The number of H-pyrrole nitrogens is 1. The van der Waals surface area contributed by atoms with E-state index in [-0.39, 0.29) is 11.7 Å². The highest BCUT2D eigenvalue weighted by Crippen LogP contribution is 2.23. The first-order valence-corrected chi connectivity index (χ1v) is 9.55. The fourth-order valence-corrected chi connectivity index (χ4v) is 3.33. The van der Waals surface area contributed by atoms with Gasteiger partial charge in [0.05, 0.1) is 15.8 Å². The van der Waals surface area contributed by atoms with Crippen molar-refractivity contribution in [2.24, 2.45) is 0 Å². The van der Waals surface area contributed by atoms with Crippen LogP contribution in [0.2, 0.25) is 10.0 Å². The smallest absolute Gasteiger partial charge is 0.233 e. The van der Waals surface area contributed by atoms with Crippen LogP contribution in [0.3, 0.4) is 0 Å². The zero-order chi connectivity index (χ0) is 18.5. The summed E-state index contributed by atoms with van der Waals surface area (Å²) in [7, 11) is 1.75. The second kappa shape index (κ2) is 8.58. The maximum atomic E-state index is 12.3. The van der Waals surface area contributed by atoms with Crippen molar-refractivity contribution in [2.75, 3.05) is 12.8 Å². The van der Waals surface area contributed by atoms with Crippen LogP contribution in [-0.2, 0) is 11.3 Å². The molecule has 0 aliphatic heterocycles. The topological polar surface area (TPSA) is 61.9 Å². The van der Waals surface area contributed by atoms with Gasteiger partial charge in [-0.1, -0.05) is 71.4 Å². The van der Waals surface area contributed by atoms with E-state index in [0.717, 1.165) is 11.1 Å². The number of halogens is 2. The van der Waals surface area contributed by atoms with Gasteiger partial charge in [0, 0.05) is 19.2 Å². The molecule has 0 saturated heterocycles. The average molecular weight is 407 g/mol. The van der Waals surface area contributed by atoms with Crippen molar-refractivity contribution < 1.29 is 4.79 Å². The lowest BCUT2D eigenvalue weighted by atomic mass is 10.2. The van der Waals surface area contributed by atoms with Gasteiger partial charge in [0.15, 0.2) is 5.82 Å². The summed E-state index contributed by atoms with van der Waals surface area (Å²) in [5, 5.41) is 8.57. The molecule has 0 aliphatic rings. The zero-order valence-electron chi connectivity index (χ0n) is 13.9. The van der Waals surface area contributed by atoms with Crippen LogP contribution >= 0.6 is 35.0 Å².